The fraction of sp³-hybridized carbons (Fsp3) is 0.476. The van der Waals surface area contributed by atoms with Gasteiger partial charge in [-0.25, -0.2) is 4.98 Å². The van der Waals surface area contributed by atoms with Crippen molar-refractivity contribution in [3.05, 3.63) is 34.2 Å². The molecule has 6 heteroatoms. The lowest BCUT2D eigenvalue weighted by Gasteiger charge is -2.26. The SMILES string of the molecule is N#Cc1c(SCC(=O)N2CCCCC2)nc(-c2cccs2)c2c1CCCC2. The summed E-state index contributed by atoms with van der Waals surface area (Å²) in [5, 5.41) is 12.6. The van der Waals surface area contributed by atoms with E-state index in [-0.39, 0.29) is 5.91 Å². The molecule has 0 N–H and O–H groups in total. The zero-order chi connectivity index (χ0) is 18.6. The van der Waals surface area contributed by atoms with E-state index in [2.05, 4.69) is 17.5 Å². The number of likely N-dealkylation sites (tertiary alicyclic amines) is 1. The number of thioether (sulfide) groups is 1. The third-order valence-electron chi connectivity index (χ3n) is 5.39. The van der Waals surface area contributed by atoms with Crippen molar-refractivity contribution < 1.29 is 4.79 Å². The van der Waals surface area contributed by atoms with E-state index < -0.39 is 0 Å². The summed E-state index contributed by atoms with van der Waals surface area (Å²) < 4.78 is 0. The molecule has 140 valence electrons. The molecule has 0 bridgehead atoms. The van der Waals surface area contributed by atoms with Gasteiger partial charge in [-0.15, -0.1) is 11.3 Å². The van der Waals surface area contributed by atoms with Gasteiger partial charge in [0.1, 0.15) is 11.1 Å². The van der Waals surface area contributed by atoms with E-state index in [1.807, 2.05) is 11.0 Å². The molecule has 1 fully saturated rings. The zero-order valence-corrected chi connectivity index (χ0v) is 17.0. The lowest BCUT2D eigenvalue weighted by molar-refractivity contribution is -0.129. The number of fused-ring (bicyclic) bond motifs is 1. The number of nitriles is 1. The Kier molecular flexibility index (Phi) is 5.80. The van der Waals surface area contributed by atoms with Crippen molar-refractivity contribution in [2.75, 3.05) is 18.8 Å². The number of carbonyl (C=O) groups excluding carboxylic acids is 1. The standard InChI is InChI=1S/C21H23N3OS2/c22-13-17-15-7-2-3-8-16(15)20(18-9-6-12-26-18)23-21(17)27-14-19(25)24-10-4-1-5-11-24/h6,9,12H,1-5,7-8,10-11,14H2. The molecular formula is C21H23N3OS2. The summed E-state index contributed by atoms with van der Waals surface area (Å²) in [6.45, 7) is 1.73. The molecule has 0 saturated carbocycles. The first-order valence-corrected chi connectivity index (χ1v) is 11.5. The summed E-state index contributed by atoms with van der Waals surface area (Å²) in [6, 6.07) is 6.54. The molecule has 4 rings (SSSR count). The van der Waals surface area contributed by atoms with Gasteiger partial charge in [-0.1, -0.05) is 17.8 Å². The highest BCUT2D eigenvalue weighted by molar-refractivity contribution is 8.00. The van der Waals surface area contributed by atoms with E-state index in [0.29, 0.717) is 11.3 Å². The molecule has 0 aromatic carbocycles. The van der Waals surface area contributed by atoms with Crippen LogP contribution in [-0.2, 0) is 17.6 Å². The Bertz CT molecular complexity index is 865. The fourth-order valence-corrected chi connectivity index (χ4v) is 5.65. The molecule has 1 amide bonds. The minimum absolute atomic E-state index is 0.167. The minimum Gasteiger partial charge on any atom is -0.342 e. The highest BCUT2D eigenvalue weighted by Gasteiger charge is 2.24. The van der Waals surface area contributed by atoms with Crippen LogP contribution in [0.5, 0.6) is 0 Å². The average Bonchev–Trinajstić information content (AvgIpc) is 3.26. The number of piperidine rings is 1. The molecule has 27 heavy (non-hydrogen) atoms. The van der Waals surface area contributed by atoms with E-state index in [1.54, 1.807) is 11.3 Å². The number of thiophene rings is 1. The number of nitrogens with zero attached hydrogens (tertiary/aromatic N) is 3. The Morgan fingerprint density at radius 3 is 2.67 bits per heavy atom. The molecular weight excluding hydrogens is 374 g/mol. The second-order valence-electron chi connectivity index (χ2n) is 7.12. The van der Waals surface area contributed by atoms with Crippen molar-refractivity contribution >= 4 is 29.0 Å². The maximum atomic E-state index is 12.6. The van der Waals surface area contributed by atoms with Gasteiger partial charge in [0.2, 0.25) is 5.91 Å². The van der Waals surface area contributed by atoms with Crippen LogP contribution in [0.3, 0.4) is 0 Å². The molecule has 1 aliphatic carbocycles. The van der Waals surface area contributed by atoms with E-state index in [0.717, 1.165) is 72.8 Å². The molecule has 0 spiro atoms. The van der Waals surface area contributed by atoms with Crippen molar-refractivity contribution in [3.63, 3.8) is 0 Å². The molecule has 0 unspecified atom stereocenters. The van der Waals surface area contributed by atoms with Crippen LogP contribution < -0.4 is 0 Å². The number of carbonyl (C=O) groups is 1. The van der Waals surface area contributed by atoms with Gasteiger partial charge in [-0.05, 0) is 67.5 Å². The molecule has 1 saturated heterocycles. The minimum atomic E-state index is 0.167. The summed E-state index contributed by atoms with van der Waals surface area (Å²) in [5.41, 5.74) is 4.12. The van der Waals surface area contributed by atoms with Gasteiger partial charge < -0.3 is 4.90 Å². The zero-order valence-electron chi connectivity index (χ0n) is 15.4. The fourth-order valence-electron chi connectivity index (χ4n) is 4.00. The summed E-state index contributed by atoms with van der Waals surface area (Å²) in [6.07, 6.45) is 7.60. The maximum Gasteiger partial charge on any atom is 0.232 e. The highest BCUT2D eigenvalue weighted by Crippen LogP contribution is 2.38. The van der Waals surface area contributed by atoms with E-state index in [1.165, 1.54) is 23.7 Å². The Labute approximate surface area is 168 Å². The summed E-state index contributed by atoms with van der Waals surface area (Å²) in [5.74, 6) is 0.533. The van der Waals surface area contributed by atoms with Crippen LogP contribution in [0.25, 0.3) is 10.6 Å². The number of hydrogen-bond donors (Lipinski definition) is 0. The van der Waals surface area contributed by atoms with Gasteiger partial charge in [-0.3, -0.25) is 4.79 Å². The number of hydrogen-bond acceptors (Lipinski definition) is 5. The first-order valence-electron chi connectivity index (χ1n) is 9.68. The molecule has 2 aromatic rings. The van der Waals surface area contributed by atoms with Crippen LogP contribution in [0.2, 0.25) is 0 Å². The van der Waals surface area contributed by atoms with Gasteiger partial charge in [0.15, 0.2) is 0 Å². The van der Waals surface area contributed by atoms with Crippen molar-refractivity contribution in [1.29, 1.82) is 5.26 Å². The largest absolute Gasteiger partial charge is 0.342 e. The molecule has 2 aliphatic rings. The van der Waals surface area contributed by atoms with E-state index in [4.69, 9.17) is 4.98 Å². The summed E-state index contributed by atoms with van der Waals surface area (Å²) in [4.78, 5) is 20.6. The van der Waals surface area contributed by atoms with Gasteiger partial charge in [0.25, 0.3) is 0 Å². The van der Waals surface area contributed by atoms with Crippen LogP contribution in [-0.4, -0.2) is 34.6 Å². The second kappa shape index (κ2) is 8.45. The Morgan fingerprint density at radius 1 is 1.19 bits per heavy atom. The van der Waals surface area contributed by atoms with Gasteiger partial charge in [0, 0.05) is 13.1 Å². The number of amides is 1. The van der Waals surface area contributed by atoms with Crippen LogP contribution in [0, 0.1) is 11.3 Å². The predicted octanol–water partition coefficient (Wildman–Crippen LogP) is 4.67. The number of pyridine rings is 1. The highest BCUT2D eigenvalue weighted by atomic mass is 32.2. The quantitative estimate of drug-likeness (QED) is 0.704. The Balaban J connectivity index is 1.64. The topological polar surface area (TPSA) is 57.0 Å². The van der Waals surface area contributed by atoms with Crippen LogP contribution >= 0.6 is 23.1 Å². The molecule has 4 nitrogen and oxygen atoms in total. The Morgan fingerprint density at radius 2 is 1.96 bits per heavy atom. The van der Waals surface area contributed by atoms with Gasteiger partial charge in [0.05, 0.1) is 21.9 Å². The normalized spacial score (nSPS) is 16.6. The van der Waals surface area contributed by atoms with Crippen LogP contribution in [0.4, 0.5) is 0 Å². The molecule has 1 aliphatic heterocycles. The molecule has 3 heterocycles. The molecule has 0 atom stereocenters. The van der Waals surface area contributed by atoms with Crippen molar-refractivity contribution in [3.8, 4) is 16.6 Å². The number of rotatable bonds is 4. The van der Waals surface area contributed by atoms with Gasteiger partial charge >= 0.3 is 0 Å². The summed E-state index contributed by atoms with van der Waals surface area (Å²) >= 11 is 3.13. The maximum absolute atomic E-state index is 12.6. The smallest absolute Gasteiger partial charge is 0.232 e. The van der Waals surface area contributed by atoms with Crippen LogP contribution in [0.1, 0.15) is 48.8 Å². The molecule has 0 radical (unpaired) electrons. The molecule has 2 aromatic heterocycles. The lowest BCUT2D eigenvalue weighted by Crippen LogP contribution is -2.36. The monoisotopic (exact) mass is 397 g/mol. The average molecular weight is 398 g/mol. The number of aromatic nitrogens is 1. The van der Waals surface area contributed by atoms with Crippen molar-refractivity contribution in [1.82, 2.24) is 9.88 Å². The lowest BCUT2D eigenvalue weighted by atomic mass is 9.88. The Hall–Kier alpha value is -1.84. The van der Waals surface area contributed by atoms with E-state index in [9.17, 15) is 10.1 Å². The predicted molar refractivity (Wildman–Crippen MR) is 110 cm³/mol. The third kappa shape index (κ3) is 3.90. The van der Waals surface area contributed by atoms with Crippen molar-refractivity contribution in [2.45, 2.75) is 50.0 Å². The third-order valence-corrected chi connectivity index (χ3v) is 7.23. The van der Waals surface area contributed by atoms with E-state index >= 15 is 0 Å². The van der Waals surface area contributed by atoms with Crippen LogP contribution in [0.15, 0.2) is 22.5 Å². The first kappa shape index (κ1) is 18.5. The second-order valence-corrected chi connectivity index (χ2v) is 9.04. The summed E-state index contributed by atoms with van der Waals surface area (Å²) in [7, 11) is 0. The first-order chi connectivity index (χ1) is 13.3. The van der Waals surface area contributed by atoms with Crippen molar-refractivity contribution in [2.24, 2.45) is 0 Å². The van der Waals surface area contributed by atoms with Gasteiger partial charge in [-0.2, -0.15) is 5.26 Å².